The molecule has 0 spiro atoms. The van der Waals surface area contributed by atoms with Gasteiger partial charge >= 0.3 is 0 Å². The molecule has 142 valence electrons. The van der Waals surface area contributed by atoms with Crippen LogP contribution in [0.5, 0.6) is 0 Å². The molecule has 0 unspecified atom stereocenters. The molecule has 0 radical (unpaired) electrons. The number of carbonyl (C=O) groups is 1. The van der Waals surface area contributed by atoms with Crippen molar-refractivity contribution in [1.29, 1.82) is 0 Å². The fraction of sp³-hybridized carbons (Fsp3) is 0.526. The molecule has 1 saturated heterocycles. The number of para-hydroxylation sites is 1. The van der Waals surface area contributed by atoms with Crippen molar-refractivity contribution < 1.29 is 13.2 Å². The molecule has 26 heavy (non-hydrogen) atoms. The van der Waals surface area contributed by atoms with Gasteiger partial charge in [0.1, 0.15) is 6.04 Å². The number of aromatic amines is 1. The summed E-state index contributed by atoms with van der Waals surface area (Å²) in [6.07, 6.45) is 2.62. The minimum absolute atomic E-state index is 0.102. The lowest BCUT2D eigenvalue weighted by Crippen LogP contribution is -2.46. The van der Waals surface area contributed by atoms with Crippen LogP contribution in [0.4, 0.5) is 0 Å². The Morgan fingerprint density at radius 1 is 1.35 bits per heavy atom. The Hall–Kier alpha value is -1.86. The van der Waals surface area contributed by atoms with Crippen molar-refractivity contribution in [1.82, 2.24) is 14.6 Å². The largest absolute Gasteiger partial charge is 0.358 e. The van der Waals surface area contributed by atoms with E-state index >= 15 is 0 Å². The van der Waals surface area contributed by atoms with Crippen molar-refractivity contribution in [3.05, 3.63) is 35.5 Å². The predicted molar refractivity (Wildman–Crippen MR) is 104 cm³/mol. The molecule has 0 aliphatic carbocycles. The summed E-state index contributed by atoms with van der Waals surface area (Å²) < 4.78 is 26.1. The maximum absolute atomic E-state index is 12.6. The van der Waals surface area contributed by atoms with E-state index in [1.54, 1.807) is 0 Å². The van der Waals surface area contributed by atoms with E-state index in [4.69, 9.17) is 0 Å². The molecule has 1 aliphatic rings. The van der Waals surface area contributed by atoms with E-state index in [9.17, 15) is 13.2 Å². The van der Waals surface area contributed by atoms with Gasteiger partial charge in [-0.3, -0.25) is 4.79 Å². The summed E-state index contributed by atoms with van der Waals surface area (Å²) in [6, 6.07) is 7.56. The Bertz CT molecular complexity index is 889. The fourth-order valence-corrected chi connectivity index (χ4v) is 5.54. The number of amides is 1. The molecule has 1 atom stereocenters. The van der Waals surface area contributed by atoms with Gasteiger partial charge in [-0.2, -0.15) is 4.31 Å². The monoisotopic (exact) mass is 377 g/mol. The van der Waals surface area contributed by atoms with Crippen molar-refractivity contribution in [2.45, 2.75) is 45.6 Å². The maximum atomic E-state index is 12.6. The molecule has 0 saturated carbocycles. The highest BCUT2D eigenvalue weighted by Gasteiger charge is 2.37. The van der Waals surface area contributed by atoms with Crippen LogP contribution in [-0.2, 0) is 21.2 Å². The highest BCUT2D eigenvalue weighted by atomic mass is 32.2. The molecule has 1 fully saturated rings. The summed E-state index contributed by atoms with van der Waals surface area (Å²) in [5, 5.41) is 4.11. The average Bonchev–Trinajstić information content (AvgIpc) is 3.20. The first kappa shape index (κ1) is 18.9. The number of sulfonamides is 1. The summed E-state index contributed by atoms with van der Waals surface area (Å²) in [4.78, 5) is 15.9. The standard InChI is InChI=1S/C19H27N3O3S/c1-3-13-26(24,25)22-12-6-9-18(22)19(23)20-11-10-15-14(2)21-17-8-5-4-7-16(15)17/h4-5,7-8,18,21H,3,6,9-13H2,1-2H3,(H,20,23)/t18-/m0/s1. The Morgan fingerprint density at radius 2 is 2.12 bits per heavy atom. The summed E-state index contributed by atoms with van der Waals surface area (Å²) >= 11 is 0. The predicted octanol–water partition coefficient (Wildman–Crippen LogP) is 2.34. The number of nitrogens with one attached hydrogen (secondary N) is 2. The van der Waals surface area contributed by atoms with Crippen LogP contribution in [0.15, 0.2) is 24.3 Å². The quantitative estimate of drug-likeness (QED) is 0.777. The number of hydrogen-bond donors (Lipinski definition) is 2. The molecule has 2 heterocycles. The van der Waals surface area contributed by atoms with Gasteiger partial charge in [0.15, 0.2) is 0 Å². The van der Waals surface area contributed by atoms with Crippen molar-refractivity contribution >= 4 is 26.8 Å². The van der Waals surface area contributed by atoms with Gasteiger partial charge in [-0.15, -0.1) is 0 Å². The second-order valence-corrected chi connectivity index (χ2v) is 8.94. The third kappa shape index (κ3) is 3.78. The smallest absolute Gasteiger partial charge is 0.238 e. The topological polar surface area (TPSA) is 82.3 Å². The van der Waals surface area contributed by atoms with Crippen molar-refractivity contribution in [2.75, 3.05) is 18.8 Å². The van der Waals surface area contributed by atoms with Gasteiger partial charge in [0, 0.05) is 29.7 Å². The van der Waals surface area contributed by atoms with E-state index < -0.39 is 16.1 Å². The van der Waals surface area contributed by atoms with Crippen LogP contribution in [-0.4, -0.2) is 48.5 Å². The van der Waals surface area contributed by atoms with Gasteiger partial charge in [0.25, 0.3) is 0 Å². The molecule has 3 rings (SSSR count). The third-order valence-corrected chi connectivity index (χ3v) is 7.10. The number of benzene rings is 1. The Morgan fingerprint density at radius 3 is 2.88 bits per heavy atom. The van der Waals surface area contributed by atoms with E-state index in [-0.39, 0.29) is 11.7 Å². The highest BCUT2D eigenvalue weighted by molar-refractivity contribution is 7.89. The van der Waals surface area contributed by atoms with Crippen LogP contribution in [0.25, 0.3) is 10.9 Å². The summed E-state index contributed by atoms with van der Waals surface area (Å²) in [5.41, 5.74) is 3.40. The molecule has 6 nitrogen and oxygen atoms in total. The molecule has 2 N–H and O–H groups in total. The van der Waals surface area contributed by atoms with Crippen LogP contribution >= 0.6 is 0 Å². The van der Waals surface area contributed by atoms with Gasteiger partial charge < -0.3 is 10.3 Å². The molecular formula is C19H27N3O3S. The Labute approximate surface area is 155 Å². The fourth-order valence-electron chi connectivity index (χ4n) is 3.80. The maximum Gasteiger partial charge on any atom is 0.238 e. The molecule has 1 aromatic carbocycles. The number of aromatic nitrogens is 1. The highest BCUT2D eigenvalue weighted by Crippen LogP contribution is 2.23. The van der Waals surface area contributed by atoms with E-state index in [1.807, 2.05) is 32.0 Å². The molecular weight excluding hydrogens is 350 g/mol. The van der Waals surface area contributed by atoms with Gasteiger partial charge in [-0.05, 0) is 44.2 Å². The zero-order valence-electron chi connectivity index (χ0n) is 15.4. The lowest BCUT2D eigenvalue weighted by molar-refractivity contribution is -0.124. The van der Waals surface area contributed by atoms with Gasteiger partial charge in [0.05, 0.1) is 5.75 Å². The van der Waals surface area contributed by atoms with E-state index in [1.165, 1.54) is 15.3 Å². The minimum Gasteiger partial charge on any atom is -0.358 e. The number of rotatable bonds is 7. The van der Waals surface area contributed by atoms with Gasteiger partial charge in [-0.25, -0.2) is 8.42 Å². The van der Waals surface area contributed by atoms with Gasteiger partial charge in [0.2, 0.25) is 15.9 Å². The molecule has 2 aromatic rings. The molecule has 1 aliphatic heterocycles. The molecule has 1 amide bonds. The molecule has 0 bridgehead atoms. The average molecular weight is 378 g/mol. The third-order valence-electron chi connectivity index (χ3n) is 5.03. The van der Waals surface area contributed by atoms with E-state index in [2.05, 4.69) is 16.4 Å². The number of fused-ring (bicyclic) bond motifs is 1. The van der Waals surface area contributed by atoms with Crippen LogP contribution < -0.4 is 5.32 Å². The zero-order valence-corrected chi connectivity index (χ0v) is 16.2. The number of carbonyl (C=O) groups excluding carboxylic acids is 1. The normalized spacial score (nSPS) is 18.5. The molecule has 7 heteroatoms. The van der Waals surface area contributed by atoms with Gasteiger partial charge in [-0.1, -0.05) is 25.1 Å². The van der Waals surface area contributed by atoms with E-state index in [0.717, 1.165) is 24.1 Å². The number of hydrogen-bond acceptors (Lipinski definition) is 3. The zero-order chi connectivity index (χ0) is 18.7. The van der Waals surface area contributed by atoms with Crippen LogP contribution in [0.3, 0.4) is 0 Å². The number of H-pyrrole nitrogens is 1. The number of nitrogens with zero attached hydrogens (tertiary/aromatic N) is 1. The SMILES string of the molecule is CCCS(=O)(=O)N1CCC[C@H]1C(=O)NCCc1c(C)[nH]c2ccccc12. The van der Waals surface area contributed by atoms with Crippen molar-refractivity contribution in [2.24, 2.45) is 0 Å². The van der Waals surface area contributed by atoms with Crippen LogP contribution in [0.1, 0.15) is 37.4 Å². The van der Waals surface area contributed by atoms with Crippen molar-refractivity contribution in [3.8, 4) is 0 Å². The van der Waals surface area contributed by atoms with Crippen molar-refractivity contribution in [3.63, 3.8) is 0 Å². The van der Waals surface area contributed by atoms with Crippen LogP contribution in [0.2, 0.25) is 0 Å². The summed E-state index contributed by atoms with van der Waals surface area (Å²) in [6.45, 7) is 4.82. The first-order chi connectivity index (χ1) is 12.4. The lowest BCUT2D eigenvalue weighted by Gasteiger charge is -2.23. The lowest BCUT2D eigenvalue weighted by atomic mass is 10.1. The minimum atomic E-state index is -3.34. The molecule has 1 aromatic heterocycles. The van der Waals surface area contributed by atoms with Crippen LogP contribution in [0, 0.1) is 6.92 Å². The Kier molecular flexibility index (Phi) is 5.67. The number of aryl methyl sites for hydroxylation is 1. The first-order valence-electron chi connectivity index (χ1n) is 9.27. The summed E-state index contributed by atoms with van der Waals surface area (Å²) in [5.74, 6) is -0.0784. The first-order valence-corrected chi connectivity index (χ1v) is 10.9. The second-order valence-electron chi connectivity index (χ2n) is 6.90. The second kappa shape index (κ2) is 7.80. The Balaban J connectivity index is 1.62. The van der Waals surface area contributed by atoms with E-state index in [0.29, 0.717) is 25.9 Å². The summed E-state index contributed by atoms with van der Waals surface area (Å²) in [7, 11) is -3.34.